The van der Waals surface area contributed by atoms with Gasteiger partial charge in [-0.15, -0.1) is 0 Å². The van der Waals surface area contributed by atoms with E-state index in [9.17, 15) is 4.79 Å². The van der Waals surface area contributed by atoms with Gasteiger partial charge in [-0.25, -0.2) is 0 Å². The van der Waals surface area contributed by atoms with Crippen molar-refractivity contribution in [1.82, 2.24) is 15.1 Å². The van der Waals surface area contributed by atoms with Crippen molar-refractivity contribution in [1.29, 1.82) is 0 Å². The molecule has 0 unspecified atom stereocenters. The van der Waals surface area contributed by atoms with Crippen molar-refractivity contribution in [3.05, 3.63) is 36.0 Å². The number of ether oxygens (including phenoxy) is 1. The molecule has 5 nitrogen and oxygen atoms in total. The number of amides is 1. The number of carbonyl (C=O) groups excluding carboxylic acids is 1. The molecule has 100 valence electrons. The molecule has 0 spiro atoms. The maximum absolute atomic E-state index is 11.7. The average Bonchev–Trinajstić information content (AvgIpc) is 2.79. The van der Waals surface area contributed by atoms with Crippen molar-refractivity contribution in [3.8, 4) is 5.75 Å². The second-order valence-corrected chi connectivity index (χ2v) is 4.94. The highest BCUT2D eigenvalue weighted by molar-refractivity contribution is 7.99. The van der Waals surface area contributed by atoms with Gasteiger partial charge in [-0.2, -0.15) is 5.10 Å². The van der Waals surface area contributed by atoms with E-state index in [1.807, 2.05) is 24.3 Å². The lowest BCUT2D eigenvalue weighted by Gasteiger charge is -2.03. The lowest BCUT2D eigenvalue weighted by Crippen LogP contribution is -2.17. The van der Waals surface area contributed by atoms with Gasteiger partial charge in [-0.1, -0.05) is 11.8 Å². The quantitative estimate of drug-likeness (QED) is 0.928. The predicted molar refractivity (Wildman–Crippen MR) is 73.7 cm³/mol. The van der Waals surface area contributed by atoms with Gasteiger partial charge < -0.3 is 10.1 Å². The summed E-state index contributed by atoms with van der Waals surface area (Å²) in [6.45, 7) is 0. The molecular formula is C13H15N3O2S. The normalized spacial score (nSPS) is 10.3. The molecule has 2 rings (SSSR count). The number of hydrogen-bond acceptors (Lipinski definition) is 4. The molecule has 0 aliphatic rings. The molecule has 0 aliphatic heterocycles. The fourth-order valence-corrected chi connectivity index (χ4v) is 2.51. The average molecular weight is 277 g/mol. The van der Waals surface area contributed by atoms with Crippen LogP contribution >= 0.6 is 11.8 Å². The summed E-state index contributed by atoms with van der Waals surface area (Å²) >= 11 is 1.45. The first-order valence-corrected chi connectivity index (χ1v) is 6.53. The minimum Gasteiger partial charge on any atom is -0.497 e. The topological polar surface area (TPSA) is 56.2 Å². The first-order chi connectivity index (χ1) is 9.13. The Balaban J connectivity index is 2.24. The Hall–Kier alpha value is -1.95. The first-order valence-electron chi connectivity index (χ1n) is 5.71. The van der Waals surface area contributed by atoms with Gasteiger partial charge in [0.05, 0.1) is 12.7 Å². The monoisotopic (exact) mass is 277 g/mol. The largest absolute Gasteiger partial charge is 0.497 e. The van der Waals surface area contributed by atoms with Crippen LogP contribution < -0.4 is 10.1 Å². The summed E-state index contributed by atoms with van der Waals surface area (Å²) in [5.41, 5.74) is 0.575. The van der Waals surface area contributed by atoms with Crippen LogP contribution in [0, 0.1) is 0 Å². The fraction of sp³-hybridized carbons (Fsp3) is 0.231. The van der Waals surface area contributed by atoms with Crippen LogP contribution in [0.25, 0.3) is 0 Å². The van der Waals surface area contributed by atoms with E-state index in [1.54, 1.807) is 32.1 Å². The summed E-state index contributed by atoms with van der Waals surface area (Å²) in [5.74, 6) is 0.668. The minimum absolute atomic E-state index is 0.135. The Bertz CT molecular complexity index is 578. The van der Waals surface area contributed by atoms with Gasteiger partial charge in [-0.3, -0.25) is 9.48 Å². The van der Waals surface area contributed by atoms with Gasteiger partial charge in [0.1, 0.15) is 10.8 Å². The number of aryl methyl sites for hydroxylation is 1. The first kappa shape index (κ1) is 13.5. The third kappa shape index (κ3) is 3.08. The molecular weight excluding hydrogens is 262 g/mol. The van der Waals surface area contributed by atoms with Gasteiger partial charge in [0.15, 0.2) is 0 Å². The van der Waals surface area contributed by atoms with Crippen molar-refractivity contribution in [2.24, 2.45) is 7.05 Å². The molecule has 1 amide bonds. The van der Waals surface area contributed by atoms with Crippen molar-refractivity contribution < 1.29 is 9.53 Å². The molecule has 0 radical (unpaired) electrons. The van der Waals surface area contributed by atoms with E-state index >= 15 is 0 Å². The smallest absolute Gasteiger partial charge is 0.255 e. The van der Waals surface area contributed by atoms with Crippen LogP contribution in [0.4, 0.5) is 0 Å². The van der Waals surface area contributed by atoms with Gasteiger partial charge in [0.2, 0.25) is 0 Å². The molecule has 0 fully saturated rings. The maximum Gasteiger partial charge on any atom is 0.255 e. The molecule has 0 saturated carbocycles. The number of nitrogens with zero attached hydrogens (tertiary/aromatic N) is 2. The van der Waals surface area contributed by atoms with Crippen LogP contribution in [-0.4, -0.2) is 29.8 Å². The zero-order valence-corrected chi connectivity index (χ0v) is 11.8. The molecule has 6 heteroatoms. The Morgan fingerprint density at radius 3 is 2.63 bits per heavy atom. The van der Waals surface area contributed by atoms with Crippen LogP contribution in [0.5, 0.6) is 5.75 Å². The van der Waals surface area contributed by atoms with Crippen LogP contribution in [-0.2, 0) is 7.05 Å². The lowest BCUT2D eigenvalue weighted by atomic mass is 10.3. The Morgan fingerprint density at radius 2 is 2.05 bits per heavy atom. The SMILES string of the molecule is CNC(=O)c1cn(C)nc1Sc1ccc(OC)cc1. The highest BCUT2D eigenvalue weighted by atomic mass is 32.2. The minimum atomic E-state index is -0.135. The van der Waals surface area contributed by atoms with Crippen LogP contribution in [0.1, 0.15) is 10.4 Å². The molecule has 1 heterocycles. The van der Waals surface area contributed by atoms with E-state index < -0.39 is 0 Å². The summed E-state index contributed by atoms with van der Waals surface area (Å²) in [7, 11) is 5.03. The summed E-state index contributed by atoms with van der Waals surface area (Å²) in [4.78, 5) is 12.7. The Morgan fingerprint density at radius 1 is 1.37 bits per heavy atom. The van der Waals surface area contributed by atoms with E-state index in [4.69, 9.17) is 4.74 Å². The number of hydrogen-bond donors (Lipinski definition) is 1. The van der Waals surface area contributed by atoms with E-state index in [0.29, 0.717) is 10.6 Å². The van der Waals surface area contributed by atoms with E-state index in [2.05, 4.69) is 10.4 Å². The second kappa shape index (κ2) is 5.79. The zero-order chi connectivity index (χ0) is 13.8. The number of carbonyl (C=O) groups is 1. The van der Waals surface area contributed by atoms with Crippen molar-refractivity contribution in [2.45, 2.75) is 9.92 Å². The Labute approximate surface area is 116 Å². The van der Waals surface area contributed by atoms with Gasteiger partial charge in [0.25, 0.3) is 5.91 Å². The molecule has 1 aromatic carbocycles. The van der Waals surface area contributed by atoms with Gasteiger partial charge >= 0.3 is 0 Å². The molecule has 0 atom stereocenters. The van der Waals surface area contributed by atoms with Crippen molar-refractivity contribution >= 4 is 17.7 Å². The maximum atomic E-state index is 11.7. The lowest BCUT2D eigenvalue weighted by molar-refractivity contribution is 0.0960. The van der Waals surface area contributed by atoms with Crippen LogP contribution in [0.15, 0.2) is 40.4 Å². The Kier molecular flexibility index (Phi) is 4.11. The van der Waals surface area contributed by atoms with Crippen LogP contribution in [0.3, 0.4) is 0 Å². The standard InChI is InChI=1S/C13H15N3O2S/c1-14-12(17)11-8-16(2)15-13(11)19-10-6-4-9(18-3)5-7-10/h4-8H,1-3H3,(H,14,17). The van der Waals surface area contributed by atoms with E-state index in [1.165, 1.54) is 11.8 Å². The van der Waals surface area contributed by atoms with E-state index in [0.717, 1.165) is 10.6 Å². The summed E-state index contributed by atoms with van der Waals surface area (Å²) in [5, 5.41) is 7.61. The van der Waals surface area contributed by atoms with Gasteiger partial charge in [-0.05, 0) is 24.3 Å². The number of nitrogens with one attached hydrogen (secondary N) is 1. The highest BCUT2D eigenvalue weighted by Crippen LogP contribution is 2.30. The van der Waals surface area contributed by atoms with Gasteiger partial charge in [0, 0.05) is 25.2 Å². The fourth-order valence-electron chi connectivity index (χ4n) is 1.59. The zero-order valence-electron chi connectivity index (χ0n) is 11.0. The van der Waals surface area contributed by atoms with Crippen LogP contribution in [0.2, 0.25) is 0 Å². The molecule has 0 bridgehead atoms. The number of methoxy groups -OCH3 is 1. The predicted octanol–water partition coefficient (Wildman–Crippen LogP) is 1.94. The second-order valence-electron chi connectivity index (χ2n) is 3.88. The third-order valence-electron chi connectivity index (χ3n) is 2.54. The molecule has 1 N–H and O–H groups in total. The molecule has 2 aromatic rings. The molecule has 0 saturated heterocycles. The summed E-state index contributed by atoms with van der Waals surface area (Å²) < 4.78 is 6.75. The molecule has 1 aromatic heterocycles. The molecule has 19 heavy (non-hydrogen) atoms. The summed E-state index contributed by atoms with van der Waals surface area (Å²) in [6.07, 6.45) is 1.71. The van der Waals surface area contributed by atoms with Crippen molar-refractivity contribution in [3.63, 3.8) is 0 Å². The number of rotatable bonds is 4. The number of aromatic nitrogens is 2. The molecule has 0 aliphatic carbocycles. The summed E-state index contributed by atoms with van der Waals surface area (Å²) in [6, 6.07) is 7.63. The van der Waals surface area contributed by atoms with Crippen molar-refractivity contribution in [2.75, 3.05) is 14.2 Å². The third-order valence-corrected chi connectivity index (χ3v) is 3.54. The van der Waals surface area contributed by atoms with E-state index in [-0.39, 0.29) is 5.91 Å². The highest BCUT2D eigenvalue weighted by Gasteiger charge is 2.15. The number of benzene rings is 1.